The Labute approximate surface area is 105 Å². The van der Waals surface area contributed by atoms with Gasteiger partial charge in [-0.25, -0.2) is 5.43 Å². The number of amides is 2. The van der Waals surface area contributed by atoms with Gasteiger partial charge in [0.1, 0.15) is 5.75 Å². The van der Waals surface area contributed by atoms with Crippen LogP contribution in [0, 0.1) is 0 Å². The highest BCUT2D eigenvalue weighted by Gasteiger charge is 2.10. The zero-order valence-electron chi connectivity index (χ0n) is 10.0. The zero-order valence-corrected chi connectivity index (χ0v) is 10.0. The second-order valence-corrected chi connectivity index (χ2v) is 3.51. The van der Waals surface area contributed by atoms with Crippen LogP contribution < -0.4 is 10.7 Å². The third kappa shape index (κ3) is 4.25. The molecular weight excluding hydrogens is 234 g/mol. The number of hydrazone groups is 1. The molecule has 96 valence electrons. The fraction of sp³-hybridized carbons (Fsp3) is 0.250. The molecule has 0 saturated heterocycles. The van der Waals surface area contributed by atoms with Gasteiger partial charge in [0.2, 0.25) is 0 Å². The number of phenols is 1. The molecule has 0 heterocycles. The van der Waals surface area contributed by atoms with Crippen molar-refractivity contribution in [2.45, 2.75) is 13.3 Å². The number of rotatable bonds is 4. The molecule has 0 unspecified atom stereocenters. The van der Waals surface area contributed by atoms with Crippen LogP contribution in [0.2, 0.25) is 0 Å². The predicted molar refractivity (Wildman–Crippen MR) is 67.1 cm³/mol. The standard InChI is InChI=1S/C12H15N3O3/c1-2-7-13-11(17)12(18)15-14-8-9-5-3-4-6-10(9)16/h3-6,8,16H,2,7H2,1H3,(H,13,17)(H,15,18)/b14-8-. The Kier molecular flexibility index (Phi) is 5.37. The second kappa shape index (κ2) is 7.05. The van der Waals surface area contributed by atoms with Gasteiger partial charge >= 0.3 is 11.8 Å². The highest BCUT2D eigenvalue weighted by Crippen LogP contribution is 2.12. The fourth-order valence-corrected chi connectivity index (χ4v) is 1.13. The van der Waals surface area contributed by atoms with E-state index in [2.05, 4.69) is 15.8 Å². The van der Waals surface area contributed by atoms with Crippen molar-refractivity contribution >= 4 is 18.0 Å². The maximum Gasteiger partial charge on any atom is 0.329 e. The van der Waals surface area contributed by atoms with E-state index in [0.717, 1.165) is 6.42 Å². The van der Waals surface area contributed by atoms with E-state index in [4.69, 9.17) is 0 Å². The summed E-state index contributed by atoms with van der Waals surface area (Å²) in [6.45, 7) is 2.32. The van der Waals surface area contributed by atoms with Gasteiger partial charge in [-0.3, -0.25) is 9.59 Å². The van der Waals surface area contributed by atoms with E-state index in [1.54, 1.807) is 18.2 Å². The van der Waals surface area contributed by atoms with Crippen molar-refractivity contribution in [1.82, 2.24) is 10.7 Å². The lowest BCUT2D eigenvalue weighted by atomic mass is 10.2. The highest BCUT2D eigenvalue weighted by molar-refractivity contribution is 6.35. The lowest BCUT2D eigenvalue weighted by Crippen LogP contribution is -2.38. The molecule has 3 N–H and O–H groups in total. The van der Waals surface area contributed by atoms with Gasteiger partial charge in [0.05, 0.1) is 6.21 Å². The Bertz CT molecular complexity index is 458. The van der Waals surface area contributed by atoms with Gasteiger partial charge in [0.25, 0.3) is 0 Å². The zero-order chi connectivity index (χ0) is 13.4. The maximum absolute atomic E-state index is 11.2. The van der Waals surface area contributed by atoms with Crippen molar-refractivity contribution in [3.05, 3.63) is 29.8 Å². The van der Waals surface area contributed by atoms with Crippen LogP contribution in [-0.2, 0) is 9.59 Å². The first-order valence-corrected chi connectivity index (χ1v) is 5.54. The SMILES string of the molecule is CCCNC(=O)C(=O)N/N=C\c1ccccc1O. The highest BCUT2D eigenvalue weighted by atomic mass is 16.3. The summed E-state index contributed by atoms with van der Waals surface area (Å²) in [6, 6.07) is 6.51. The van der Waals surface area contributed by atoms with Gasteiger partial charge in [0, 0.05) is 12.1 Å². The van der Waals surface area contributed by atoms with Crippen LogP contribution in [0.3, 0.4) is 0 Å². The van der Waals surface area contributed by atoms with Gasteiger partial charge < -0.3 is 10.4 Å². The molecule has 1 rings (SSSR count). The Morgan fingerprint density at radius 2 is 2.06 bits per heavy atom. The summed E-state index contributed by atoms with van der Waals surface area (Å²) in [7, 11) is 0. The predicted octanol–water partition coefficient (Wildman–Crippen LogP) is 0.369. The van der Waals surface area contributed by atoms with Crippen molar-refractivity contribution in [2.24, 2.45) is 5.10 Å². The van der Waals surface area contributed by atoms with Crippen LogP contribution in [0.4, 0.5) is 0 Å². The van der Waals surface area contributed by atoms with E-state index < -0.39 is 11.8 Å². The summed E-state index contributed by atoms with van der Waals surface area (Å²) < 4.78 is 0. The van der Waals surface area contributed by atoms with E-state index in [1.165, 1.54) is 12.3 Å². The fourth-order valence-electron chi connectivity index (χ4n) is 1.13. The van der Waals surface area contributed by atoms with E-state index in [-0.39, 0.29) is 5.75 Å². The molecule has 0 radical (unpaired) electrons. The Morgan fingerprint density at radius 3 is 2.72 bits per heavy atom. The number of aromatic hydroxyl groups is 1. The third-order valence-corrected chi connectivity index (χ3v) is 2.05. The monoisotopic (exact) mass is 249 g/mol. The number of para-hydroxylation sites is 1. The molecule has 6 nitrogen and oxygen atoms in total. The third-order valence-electron chi connectivity index (χ3n) is 2.05. The largest absolute Gasteiger partial charge is 0.507 e. The molecule has 2 amide bonds. The minimum Gasteiger partial charge on any atom is -0.507 e. The van der Waals surface area contributed by atoms with Gasteiger partial charge in [-0.1, -0.05) is 19.1 Å². The van der Waals surface area contributed by atoms with Gasteiger partial charge in [-0.2, -0.15) is 5.10 Å². The van der Waals surface area contributed by atoms with E-state index in [1.807, 2.05) is 6.92 Å². The van der Waals surface area contributed by atoms with E-state index in [9.17, 15) is 14.7 Å². The van der Waals surface area contributed by atoms with Crippen molar-refractivity contribution in [2.75, 3.05) is 6.54 Å². The topological polar surface area (TPSA) is 90.8 Å². The summed E-state index contributed by atoms with van der Waals surface area (Å²) >= 11 is 0. The van der Waals surface area contributed by atoms with Crippen LogP contribution in [-0.4, -0.2) is 29.7 Å². The Morgan fingerprint density at radius 1 is 1.33 bits per heavy atom. The molecule has 0 fully saturated rings. The molecule has 0 aromatic heterocycles. The molecule has 18 heavy (non-hydrogen) atoms. The number of phenolic OH excluding ortho intramolecular Hbond substituents is 1. The van der Waals surface area contributed by atoms with E-state index in [0.29, 0.717) is 12.1 Å². The quantitative estimate of drug-likeness (QED) is 0.409. The molecular formula is C12H15N3O3. The molecule has 0 bridgehead atoms. The summed E-state index contributed by atoms with van der Waals surface area (Å²) in [5.74, 6) is -1.52. The average molecular weight is 249 g/mol. The molecule has 0 atom stereocenters. The maximum atomic E-state index is 11.2. The van der Waals surface area contributed by atoms with Crippen molar-refractivity contribution in [3.63, 3.8) is 0 Å². The molecule has 0 aliphatic rings. The van der Waals surface area contributed by atoms with Crippen molar-refractivity contribution in [1.29, 1.82) is 0 Å². The summed E-state index contributed by atoms with van der Waals surface area (Å²) in [6.07, 6.45) is 2.01. The van der Waals surface area contributed by atoms with Crippen LogP contribution in [0.15, 0.2) is 29.4 Å². The molecule has 0 aliphatic heterocycles. The van der Waals surface area contributed by atoms with Gasteiger partial charge in [-0.05, 0) is 18.6 Å². The molecule has 1 aromatic rings. The number of carbonyl (C=O) groups excluding carboxylic acids is 2. The Hall–Kier alpha value is -2.37. The van der Waals surface area contributed by atoms with Crippen molar-refractivity contribution < 1.29 is 14.7 Å². The average Bonchev–Trinajstić information content (AvgIpc) is 2.38. The number of hydrogen-bond donors (Lipinski definition) is 3. The second-order valence-electron chi connectivity index (χ2n) is 3.51. The van der Waals surface area contributed by atoms with Crippen LogP contribution in [0.1, 0.15) is 18.9 Å². The van der Waals surface area contributed by atoms with Crippen LogP contribution in [0.5, 0.6) is 5.75 Å². The van der Waals surface area contributed by atoms with Crippen LogP contribution >= 0.6 is 0 Å². The smallest absolute Gasteiger partial charge is 0.329 e. The number of nitrogens with one attached hydrogen (secondary N) is 2. The summed E-state index contributed by atoms with van der Waals surface area (Å²) in [4.78, 5) is 22.4. The van der Waals surface area contributed by atoms with Gasteiger partial charge in [-0.15, -0.1) is 0 Å². The number of benzene rings is 1. The molecule has 0 saturated carbocycles. The molecule has 6 heteroatoms. The van der Waals surface area contributed by atoms with Crippen molar-refractivity contribution in [3.8, 4) is 5.75 Å². The first-order chi connectivity index (χ1) is 8.65. The molecule has 1 aromatic carbocycles. The Balaban J connectivity index is 2.48. The summed E-state index contributed by atoms with van der Waals surface area (Å²) in [5.41, 5.74) is 2.53. The molecule has 0 spiro atoms. The number of hydrogen-bond acceptors (Lipinski definition) is 4. The minimum absolute atomic E-state index is 0.0472. The van der Waals surface area contributed by atoms with E-state index >= 15 is 0 Å². The minimum atomic E-state index is -0.838. The number of carbonyl (C=O) groups is 2. The van der Waals surface area contributed by atoms with Gasteiger partial charge in [0.15, 0.2) is 0 Å². The van der Waals surface area contributed by atoms with Crippen LogP contribution in [0.25, 0.3) is 0 Å². The lowest BCUT2D eigenvalue weighted by Gasteiger charge is -2.01. The summed E-state index contributed by atoms with van der Waals surface area (Å²) in [5, 5.41) is 15.4. The molecule has 0 aliphatic carbocycles. The number of nitrogens with zero attached hydrogens (tertiary/aromatic N) is 1. The normalized spacial score (nSPS) is 10.3. The first-order valence-electron chi connectivity index (χ1n) is 5.54. The first kappa shape index (κ1) is 13.7. The lowest BCUT2D eigenvalue weighted by molar-refractivity contribution is -0.139.